The van der Waals surface area contributed by atoms with Crippen LogP contribution < -0.4 is 5.32 Å². The van der Waals surface area contributed by atoms with E-state index in [0.29, 0.717) is 17.4 Å². The molecular formula is C18H16ClN5OS. The number of nitrogens with zero attached hydrogens (tertiary/aromatic N) is 4. The number of aryl methyl sites for hydroxylation is 1. The SMILES string of the molecule is Cn1cc(C(O)CNc2ncnc3cc(-c4ccc(Cl)cc4)sc23)cn1. The lowest BCUT2D eigenvalue weighted by atomic mass is 10.2. The Morgan fingerprint density at radius 1 is 1.27 bits per heavy atom. The molecule has 132 valence electrons. The fraction of sp³-hybridized carbons (Fsp3) is 0.167. The van der Waals surface area contributed by atoms with Crippen LogP contribution in [0.25, 0.3) is 20.7 Å². The normalized spacial score (nSPS) is 12.4. The molecule has 1 atom stereocenters. The Morgan fingerprint density at radius 3 is 2.81 bits per heavy atom. The summed E-state index contributed by atoms with van der Waals surface area (Å²) in [7, 11) is 1.82. The van der Waals surface area contributed by atoms with Gasteiger partial charge in [-0.15, -0.1) is 11.3 Å². The van der Waals surface area contributed by atoms with Gasteiger partial charge in [-0.3, -0.25) is 4.68 Å². The molecule has 4 aromatic rings. The second-order valence-corrected chi connectivity index (χ2v) is 7.39. The molecule has 0 amide bonds. The Balaban J connectivity index is 1.58. The number of anilines is 1. The maximum absolute atomic E-state index is 10.3. The minimum atomic E-state index is -0.663. The van der Waals surface area contributed by atoms with Crippen molar-refractivity contribution in [2.24, 2.45) is 7.05 Å². The number of halogens is 1. The van der Waals surface area contributed by atoms with Crippen LogP contribution in [0.2, 0.25) is 5.02 Å². The third-order valence-corrected chi connectivity index (χ3v) is 5.44. The van der Waals surface area contributed by atoms with Gasteiger partial charge in [0.05, 0.1) is 22.5 Å². The second-order valence-electron chi connectivity index (χ2n) is 5.90. The number of aliphatic hydroxyl groups is 1. The van der Waals surface area contributed by atoms with Crippen LogP contribution in [-0.4, -0.2) is 31.4 Å². The molecule has 8 heteroatoms. The molecule has 0 aliphatic rings. The van der Waals surface area contributed by atoms with Crippen molar-refractivity contribution >= 4 is 39.0 Å². The first kappa shape index (κ1) is 17.0. The van der Waals surface area contributed by atoms with Crippen molar-refractivity contribution in [2.75, 3.05) is 11.9 Å². The molecule has 1 unspecified atom stereocenters. The van der Waals surface area contributed by atoms with Gasteiger partial charge in [0.2, 0.25) is 0 Å². The molecule has 0 bridgehead atoms. The van der Waals surface area contributed by atoms with Crippen LogP contribution in [0.4, 0.5) is 5.82 Å². The summed E-state index contributed by atoms with van der Waals surface area (Å²) in [5.74, 6) is 0.711. The smallest absolute Gasteiger partial charge is 0.147 e. The van der Waals surface area contributed by atoms with E-state index in [0.717, 1.165) is 26.2 Å². The summed E-state index contributed by atoms with van der Waals surface area (Å²) in [5, 5.41) is 18.3. The summed E-state index contributed by atoms with van der Waals surface area (Å²) in [4.78, 5) is 9.78. The highest BCUT2D eigenvalue weighted by Crippen LogP contribution is 2.36. The van der Waals surface area contributed by atoms with E-state index in [4.69, 9.17) is 11.6 Å². The van der Waals surface area contributed by atoms with E-state index in [1.165, 1.54) is 6.33 Å². The van der Waals surface area contributed by atoms with E-state index in [9.17, 15) is 5.11 Å². The monoisotopic (exact) mass is 385 g/mol. The number of benzene rings is 1. The first-order valence-electron chi connectivity index (χ1n) is 8.01. The highest BCUT2D eigenvalue weighted by atomic mass is 35.5. The number of thiophene rings is 1. The Bertz CT molecular complexity index is 1040. The van der Waals surface area contributed by atoms with Crippen molar-refractivity contribution in [1.82, 2.24) is 19.7 Å². The fourth-order valence-corrected chi connectivity index (χ4v) is 3.87. The summed E-state index contributed by atoms with van der Waals surface area (Å²) in [6.45, 7) is 0.339. The van der Waals surface area contributed by atoms with Crippen molar-refractivity contribution in [1.29, 1.82) is 0 Å². The van der Waals surface area contributed by atoms with Gasteiger partial charge in [0.1, 0.15) is 12.1 Å². The maximum atomic E-state index is 10.3. The summed E-state index contributed by atoms with van der Waals surface area (Å²) in [6.07, 6.45) is 4.32. The van der Waals surface area contributed by atoms with E-state index in [2.05, 4.69) is 20.4 Å². The van der Waals surface area contributed by atoms with Crippen molar-refractivity contribution < 1.29 is 5.11 Å². The van der Waals surface area contributed by atoms with E-state index in [-0.39, 0.29) is 0 Å². The Kier molecular flexibility index (Phi) is 4.58. The van der Waals surface area contributed by atoms with Gasteiger partial charge in [-0.1, -0.05) is 23.7 Å². The molecule has 6 nitrogen and oxygen atoms in total. The highest BCUT2D eigenvalue weighted by molar-refractivity contribution is 7.22. The van der Waals surface area contributed by atoms with Crippen LogP contribution in [0.15, 0.2) is 49.1 Å². The van der Waals surface area contributed by atoms with Gasteiger partial charge in [0.25, 0.3) is 0 Å². The predicted octanol–water partition coefficient (Wildman–Crippen LogP) is 3.89. The largest absolute Gasteiger partial charge is 0.386 e. The molecule has 1 aromatic carbocycles. The molecule has 0 fully saturated rings. The van der Waals surface area contributed by atoms with E-state index >= 15 is 0 Å². The van der Waals surface area contributed by atoms with Crippen LogP contribution in [0, 0.1) is 0 Å². The van der Waals surface area contributed by atoms with Gasteiger partial charge >= 0.3 is 0 Å². The van der Waals surface area contributed by atoms with Crippen molar-refractivity contribution in [3.05, 3.63) is 59.6 Å². The standard InChI is InChI=1S/C18H16ClN5OS/c1-24-9-12(7-23-24)15(25)8-20-18-17-14(21-10-22-18)6-16(26-17)11-2-4-13(19)5-3-11/h2-7,9-10,15,25H,8H2,1H3,(H,20,21,22). The number of aromatic nitrogens is 4. The lowest BCUT2D eigenvalue weighted by Gasteiger charge is -2.10. The molecule has 0 aliphatic carbocycles. The quantitative estimate of drug-likeness (QED) is 0.545. The van der Waals surface area contributed by atoms with Crippen LogP contribution in [0.5, 0.6) is 0 Å². The number of rotatable bonds is 5. The Morgan fingerprint density at radius 2 is 2.08 bits per heavy atom. The first-order valence-corrected chi connectivity index (χ1v) is 9.20. The van der Waals surface area contributed by atoms with Gasteiger partial charge in [-0.25, -0.2) is 9.97 Å². The number of hydrogen-bond donors (Lipinski definition) is 2. The Hall–Kier alpha value is -2.48. The summed E-state index contributed by atoms with van der Waals surface area (Å²) >= 11 is 7.57. The molecule has 2 N–H and O–H groups in total. The summed E-state index contributed by atoms with van der Waals surface area (Å²) in [5.41, 5.74) is 2.71. The molecule has 0 saturated carbocycles. The van der Waals surface area contributed by atoms with Crippen LogP contribution in [0.1, 0.15) is 11.7 Å². The van der Waals surface area contributed by atoms with Crippen LogP contribution in [-0.2, 0) is 7.05 Å². The van der Waals surface area contributed by atoms with Gasteiger partial charge in [0, 0.05) is 35.3 Å². The number of fused-ring (bicyclic) bond motifs is 1. The number of hydrogen-bond acceptors (Lipinski definition) is 6. The third-order valence-electron chi connectivity index (χ3n) is 4.01. The average molecular weight is 386 g/mol. The topological polar surface area (TPSA) is 75.9 Å². The molecule has 0 saturated heterocycles. The van der Waals surface area contributed by atoms with E-state index in [1.807, 2.05) is 37.4 Å². The predicted molar refractivity (Wildman–Crippen MR) is 105 cm³/mol. The van der Waals surface area contributed by atoms with Gasteiger partial charge < -0.3 is 10.4 Å². The molecule has 4 rings (SSSR count). The van der Waals surface area contributed by atoms with Crippen molar-refractivity contribution in [3.8, 4) is 10.4 Å². The first-order chi connectivity index (χ1) is 12.6. The minimum absolute atomic E-state index is 0.339. The molecule has 0 spiro atoms. The fourth-order valence-electron chi connectivity index (χ4n) is 2.66. The molecule has 0 radical (unpaired) electrons. The molecule has 26 heavy (non-hydrogen) atoms. The molecule has 3 heterocycles. The van der Waals surface area contributed by atoms with Crippen molar-refractivity contribution in [3.63, 3.8) is 0 Å². The van der Waals surface area contributed by atoms with Crippen molar-refractivity contribution in [2.45, 2.75) is 6.10 Å². The molecular weight excluding hydrogens is 370 g/mol. The average Bonchev–Trinajstić information content (AvgIpc) is 3.26. The van der Waals surface area contributed by atoms with Gasteiger partial charge in [0.15, 0.2) is 0 Å². The Labute approximate surface area is 159 Å². The lowest BCUT2D eigenvalue weighted by molar-refractivity contribution is 0.191. The zero-order valence-corrected chi connectivity index (χ0v) is 15.5. The zero-order chi connectivity index (χ0) is 18.1. The second kappa shape index (κ2) is 7.03. The van der Waals surface area contributed by atoms with Gasteiger partial charge in [-0.05, 0) is 23.8 Å². The van der Waals surface area contributed by atoms with Crippen LogP contribution in [0.3, 0.4) is 0 Å². The summed E-state index contributed by atoms with van der Waals surface area (Å²) in [6, 6.07) is 9.75. The van der Waals surface area contributed by atoms with Gasteiger partial charge in [-0.2, -0.15) is 5.10 Å². The third kappa shape index (κ3) is 3.41. The van der Waals surface area contributed by atoms with Crippen LogP contribution >= 0.6 is 22.9 Å². The maximum Gasteiger partial charge on any atom is 0.147 e. The zero-order valence-electron chi connectivity index (χ0n) is 13.9. The van der Waals surface area contributed by atoms with E-state index in [1.54, 1.807) is 28.4 Å². The number of aliphatic hydroxyl groups excluding tert-OH is 1. The minimum Gasteiger partial charge on any atom is -0.386 e. The summed E-state index contributed by atoms with van der Waals surface area (Å²) < 4.78 is 2.62. The highest BCUT2D eigenvalue weighted by Gasteiger charge is 2.13. The lowest BCUT2D eigenvalue weighted by Crippen LogP contribution is -2.12. The van der Waals surface area contributed by atoms with E-state index < -0.39 is 6.10 Å². The molecule has 0 aliphatic heterocycles. The number of nitrogens with one attached hydrogen (secondary N) is 1. The molecule has 3 aromatic heterocycles.